The van der Waals surface area contributed by atoms with Crippen molar-refractivity contribution in [2.75, 3.05) is 5.32 Å². The number of halogens is 2. The standard InChI is InChI=1S/C14H11ClFNO/c1-9-12(16)6-3-7-13(9)17-14(18)10-4-2-5-11(15)8-10/h2-8H,1H3,(H,17,18). The summed E-state index contributed by atoms with van der Waals surface area (Å²) in [6.45, 7) is 1.61. The number of nitrogens with one attached hydrogen (secondary N) is 1. The molecule has 0 heterocycles. The number of carbonyl (C=O) groups is 1. The molecule has 2 aromatic rings. The summed E-state index contributed by atoms with van der Waals surface area (Å²) in [4.78, 5) is 11.9. The van der Waals surface area contributed by atoms with Crippen molar-refractivity contribution in [3.63, 3.8) is 0 Å². The fourth-order valence-corrected chi connectivity index (χ4v) is 1.76. The minimum Gasteiger partial charge on any atom is -0.322 e. The third-order valence-electron chi connectivity index (χ3n) is 2.60. The normalized spacial score (nSPS) is 10.2. The number of rotatable bonds is 2. The Hall–Kier alpha value is -1.87. The van der Waals surface area contributed by atoms with E-state index in [1.807, 2.05) is 0 Å². The summed E-state index contributed by atoms with van der Waals surface area (Å²) in [5.41, 5.74) is 1.30. The van der Waals surface area contributed by atoms with Gasteiger partial charge in [-0.15, -0.1) is 0 Å². The van der Waals surface area contributed by atoms with Crippen LogP contribution in [0.3, 0.4) is 0 Å². The van der Waals surface area contributed by atoms with Gasteiger partial charge in [0, 0.05) is 21.8 Å². The van der Waals surface area contributed by atoms with Gasteiger partial charge in [-0.25, -0.2) is 4.39 Å². The number of hydrogen-bond acceptors (Lipinski definition) is 1. The second-order valence-electron chi connectivity index (χ2n) is 3.88. The predicted molar refractivity (Wildman–Crippen MR) is 70.5 cm³/mol. The van der Waals surface area contributed by atoms with Crippen molar-refractivity contribution in [2.45, 2.75) is 6.92 Å². The molecule has 2 nitrogen and oxygen atoms in total. The van der Waals surface area contributed by atoms with Gasteiger partial charge in [0.25, 0.3) is 5.91 Å². The van der Waals surface area contributed by atoms with Crippen molar-refractivity contribution in [1.82, 2.24) is 0 Å². The molecule has 92 valence electrons. The van der Waals surface area contributed by atoms with Crippen LogP contribution in [-0.2, 0) is 0 Å². The average molecular weight is 264 g/mol. The summed E-state index contributed by atoms with van der Waals surface area (Å²) in [7, 11) is 0. The van der Waals surface area contributed by atoms with Crippen molar-refractivity contribution in [2.24, 2.45) is 0 Å². The zero-order chi connectivity index (χ0) is 13.1. The lowest BCUT2D eigenvalue weighted by molar-refractivity contribution is 0.102. The molecule has 0 aromatic heterocycles. The molecule has 0 bridgehead atoms. The van der Waals surface area contributed by atoms with E-state index in [4.69, 9.17) is 11.6 Å². The molecule has 2 aromatic carbocycles. The molecule has 0 spiro atoms. The molecular weight excluding hydrogens is 253 g/mol. The van der Waals surface area contributed by atoms with Gasteiger partial charge in [-0.3, -0.25) is 4.79 Å². The summed E-state index contributed by atoms with van der Waals surface area (Å²) in [5.74, 6) is -0.662. The van der Waals surface area contributed by atoms with E-state index in [9.17, 15) is 9.18 Å². The fourth-order valence-electron chi connectivity index (χ4n) is 1.57. The molecule has 0 aliphatic heterocycles. The van der Waals surface area contributed by atoms with E-state index in [2.05, 4.69) is 5.32 Å². The van der Waals surface area contributed by atoms with Gasteiger partial charge in [0.15, 0.2) is 0 Å². The van der Waals surface area contributed by atoms with Crippen molar-refractivity contribution in [3.05, 3.63) is 64.4 Å². The summed E-state index contributed by atoms with van der Waals surface area (Å²) >= 11 is 5.81. The molecular formula is C14H11ClFNO. The Labute approximate surface area is 109 Å². The Bertz CT molecular complexity index is 598. The monoisotopic (exact) mass is 263 g/mol. The van der Waals surface area contributed by atoms with Crippen LogP contribution in [0.15, 0.2) is 42.5 Å². The van der Waals surface area contributed by atoms with Crippen LogP contribution in [0.1, 0.15) is 15.9 Å². The van der Waals surface area contributed by atoms with E-state index in [0.29, 0.717) is 21.8 Å². The zero-order valence-electron chi connectivity index (χ0n) is 9.71. The third-order valence-corrected chi connectivity index (χ3v) is 2.84. The van der Waals surface area contributed by atoms with Crippen LogP contribution in [0, 0.1) is 12.7 Å². The first-order chi connectivity index (χ1) is 8.58. The van der Waals surface area contributed by atoms with Gasteiger partial charge in [0.1, 0.15) is 5.82 Å². The summed E-state index contributed by atoms with van der Waals surface area (Å²) in [6, 6.07) is 11.1. The van der Waals surface area contributed by atoms with E-state index >= 15 is 0 Å². The van der Waals surface area contributed by atoms with Crippen LogP contribution in [0.2, 0.25) is 5.02 Å². The molecule has 0 unspecified atom stereocenters. The van der Waals surface area contributed by atoms with Crippen LogP contribution in [0.4, 0.5) is 10.1 Å². The molecule has 18 heavy (non-hydrogen) atoms. The zero-order valence-corrected chi connectivity index (χ0v) is 10.5. The topological polar surface area (TPSA) is 29.1 Å². The van der Waals surface area contributed by atoms with E-state index in [1.54, 1.807) is 43.3 Å². The Balaban J connectivity index is 2.24. The number of carbonyl (C=O) groups excluding carboxylic acids is 1. The number of anilines is 1. The van der Waals surface area contributed by atoms with Crippen LogP contribution in [0.25, 0.3) is 0 Å². The highest BCUT2D eigenvalue weighted by atomic mass is 35.5. The van der Waals surface area contributed by atoms with Crippen LogP contribution in [-0.4, -0.2) is 5.91 Å². The Morgan fingerprint density at radius 2 is 1.94 bits per heavy atom. The molecule has 2 rings (SSSR count). The second-order valence-corrected chi connectivity index (χ2v) is 4.31. The summed E-state index contributed by atoms with van der Waals surface area (Å²) < 4.78 is 13.3. The van der Waals surface area contributed by atoms with Gasteiger partial charge in [-0.2, -0.15) is 0 Å². The summed E-state index contributed by atoms with van der Waals surface area (Å²) in [5, 5.41) is 3.14. The van der Waals surface area contributed by atoms with Gasteiger partial charge < -0.3 is 5.32 Å². The van der Waals surface area contributed by atoms with E-state index in [-0.39, 0.29) is 11.7 Å². The predicted octanol–water partition coefficient (Wildman–Crippen LogP) is 4.04. The Morgan fingerprint density at radius 3 is 2.67 bits per heavy atom. The van der Waals surface area contributed by atoms with Gasteiger partial charge in [0.2, 0.25) is 0 Å². The largest absolute Gasteiger partial charge is 0.322 e. The molecule has 0 radical (unpaired) electrons. The molecule has 1 amide bonds. The van der Waals surface area contributed by atoms with Crippen LogP contribution < -0.4 is 5.32 Å². The lowest BCUT2D eigenvalue weighted by Crippen LogP contribution is -2.13. The average Bonchev–Trinajstić information content (AvgIpc) is 2.35. The first-order valence-electron chi connectivity index (χ1n) is 5.40. The Morgan fingerprint density at radius 1 is 1.22 bits per heavy atom. The van der Waals surface area contributed by atoms with Crippen LogP contribution in [0.5, 0.6) is 0 Å². The quantitative estimate of drug-likeness (QED) is 0.870. The van der Waals surface area contributed by atoms with Gasteiger partial charge >= 0.3 is 0 Å². The SMILES string of the molecule is Cc1c(F)cccc1NC(=O)c1cccc(Cl)c1. The first kappa shape index (κ1) is 12.6. The second kappa shape index (κ2) is 5.19. The molecule has 4 heteroatoms. The first-order valence-corrected chi connectivity index (χ1v) is 5.78. The van der Waals surface area contributed by atoms with E-state index in [1.165, 1.54) is 6.07 Å². The van der Waals surface area contributed by atoms with Crippen molar-refractivity contribution in [3.8, 4) is 0 Å². The third kappa shape index (κ3) is 2.68. The van der Waals surface area contributed by atoms with Crippen molar-refractivity contribution < 1.29 is 9.18 Å². The van der Waals surface area contributed by atoms with E-state index in [0.717, 1.165) is 0 Å². The number of benzene rings is 2. The molecule has 0 atom stereocenters. The maximum Gasteiger partial charge on any atom is 0.255 e. The maximum absolute atomic E-state index is 13.3. The highest BCUT2D eigenvalue weighted by molar-refractivity contribution is 6.31. The highest BCUT2D eigenvalue weighted by Gasteiger charge is 2.09. The lowest BCUT2D eigenvalue weighted by atomic mass is 10.1. The molecule has 0 aliphatic rings. The molecule has 0 saturated carbocycles. The van der Waals surface area contributed by atoms with Gasteiger partial charge in [0.05, 0.1) is 0 Å². The van der Waals surface area contributed by atoms with Gasteiger partial charge in [-0.05, 0) is 37.3 Å². The number of amides is 1. The fraction of sp³-hybridized carbons (Fsp3) is 0.0714. The molecule has 0 fully saturated rings. The van der Waals surface area contributed by atoms with Gasteiger partial charge in [-0.1, -0.05) is 23.7 Å². The highest BCUT2D eigenvalue weighted by Crippen LogP contribution is 2.19. The Kier molecular flexibility index (Phi) is 3.63. The van der Waals surface area contributed by atoms with E-state index < -0.39 is 0 Å². The van der Waals surface area contributed by atoms with Crippen molar-refractivity contribution in [1.29, 1.82) is 0 Å². The lowest BCUT2D eigenvalue weighted by Gasteiger charge is -2.09. The molecule has 0 aliphatic carbocycles. The molecule has 0 saturated heterocycles. The summed E-state index contributed by atoms with van der Waals surface area (Å²) in [6.07, 6.45) is 0. The number of hydrogen-bond donors (Lipinski definition) is 1. The minimum atomic E-state index is -0.348. The smallest absolute Gasteiger partial charge is 0.255 e. The molecule has 1 N–H and O–H groups in total. The minimum absolute atomic E-state index is 0.314. The van der Waals surface area contributed by atoms with Crippen molar-refractivity contribution >= 4 is 23.2 Å². The maximum atomic E-state index is 13.3. The van der Waals surface area contributed by atoms with Crippen LogP contribution >= 0.6 is 11.6 Å².